The van der Waals surface area contributed by atoms with Crippen molar-refractivity contribution in [3.05, 3.63) is 34.2 Å². The van der Waals surface area contributed by atoms with E-state index >= 15 is 0 Å². The molecular weight excluding hydrogens is 457 g/mol. The van der Waals surface area contributed by atoms with Crippen LogP contribution in [0.15, 0.2) is 27.3 Å². The maximum atomic E-state index is 13.3. The molecule has 2 aromatic rings. The minimum atomic E-state index is -3.72. The van der Waals surface area contributed by atoms with Gasteiger partial charge in [0.2, 0.25) is 5.82 Å². The number of hydrogen-bond donors (Lipinski definition) is 5. The summed E-state index contributed by atoms with van der Waals surface area (Å²) in [5.74, 6) is -0.163. The quantitative estimate of drug-likeness (QED) is 0.315. The predicted molar refractivity (Wildman–Crippen MR) is 105 cm³/mol. The number of aromatic nitrogens is 2. The van der Waals surface area contributed by atoms with Crippen LogP contribution in [0.4, 0.5) is 15.9 Å². The van der Waals surface area contributed by atoms with E-state index in [1.807, 2.05) is 0 Å². The van der Waals surface area contributed by atoms with Crippen LogP contribution in [0.2, 0.25) is 0 Å². The third-order valence-electron chi connectivity index (χ3n) is 4.31. The Morgan fingerprint density at radius 1 is 1.25 bits per heavy atom. The molecular formula is C15H19BrFN7O3S. The fraction of sp³-hybridized carbons (Fsp3) is 0.400. The van der Waals surface area contributed by atoms with Crippen molar-refractivity contribution < 1.29 is 17.4 Å². The molecule has 0 saturated heterocycles. The Kier molecular flexibility index (Phi) is 6.27. The van der Waals surface area contributed by atoms with Crippen molar-refractivity contribution in [3.63, 3.8) is 0 Å². The Morgan fingerprint density at radius 2 is 1.93 bits per heavy atom. The van der Waals surface area contributed by atoms with Gasteiger partial charge in [-0.05, 0) is 70.1 Å². The molecule has 10 nitrogen and oxygen atoms in total. The normalized spacial score (nSPS) is 20.0. The summed E-state index contributed by atoms with van der Waals surface area (Å²) in [5, 5.41) is 26.7. The van der Waals surface area contributed by atoms with Crippen molar-refractivity contribution >= 4 is 43.5 Å². The van der Waals surface area contributed by atoms with Gasteiger partial charge in [-0.15, -0.1) is 0 Å². The molecule has 0 unspecified atom stereocenters. The molecule has 0 spiro atoms. The number of nitrogens with one attached hydrogen (secondary N) is 4. The summed E-state index contributed by atoms with van der Waals surface area (Å²) in [6.07, 6.45) is 2.61. The molecule has 1 aromatic carbocycles. The van der Waals surface area contributed by atoms with Gasteiger partial charge in [0.1, 0.15) is 5.82 Å². The van der Waals surface area contributed by atoms with E-state index in [0.717, 1.165) is 0 Å². The number of nitrogens with two attached hydrogens (primary N) is 1. The maximum absolute atomic E-state index is 13.3. The van der Waals surface area contributed by atoms with Gasteiger partial charge in [0.05, 0.1) is 4.47 Å². The summed E-state index contributed by atoms with van der Waals surface area (Å²) >= 11 is 3.09. The first-order valence-electron chi connectivity index (χ1n) is 8.41. The van der Waals surface area contributed by atoms with E-state index in [1.54, 1.807) is 0 Å². The second-order valence-corrected chi connectivity index (χ2v) is 8.63. The highest BCUT2D eigenvalue weighted by Gasteiger charge is 2.25. The molecule has 0 radical (unpaired) electrons. The smallest absolute Gasteiger partial charge is 0.274 e. The van der Waals surface area contributed by atoms with E-state index in [9.17, 15) is 12.8 Å². The maximum Gasteiger partial charge on any atom is 0.274 e. The van der Waals surface area contributed by atoms with Crippen LogP contribution in [-0.4, -0.2) is 36.7 Å². The van der Waals surface area contributed by atoms with Crippen molar-refractivity contribution in [3.8, 4) is 0 Å². The van der Waals surface area contributed by atoms with E-state index < -0.39 is 16.0 Å². The lowest BCUT2D eigenvalue weighted by atomic mass is 9.92. The predicted octanol–water partition coefficient (Wildman–Crippen LogP) is 1.92. The van der Waals surface area contributed by atoms with Crippen molar-refractivity contribution in [2.75, 3.05) is 10.6 Å². The zero-order valence-electron chi connectivity index (χ0n) is 14.6. The van der Waals surface area contributed by atoms with Crippen LogP contribution in [0, 0.1) is 11.2 Å². The Balaban J connectivity index is 1.59. The van der Waals surface area contributed by atoms with Gasteiger partial charge in [-0.3, -0.25) is 5.41 Å². The average Bonchev–Trinajstić information content (AvgIpc) is 3.07. The second kappa shape index (κ2) is 8.51. The summed E-state index contributed by atoms with van der Waals surface area (Å²) in [7, 11) is -3.72. The lowest BCUT2D eigenvalue weighted by Gasteiger charge is -2.28. The molecule has 13 heteroatoms. The van der Waals surface area contributed by atoms with E-state index in [1.165, 1.54) is 18.2 Å². The first kappa shape index (κ1) is 20.6. The molecule has 0 atom stereocenters. The summed E-state index contributed by atoms with van der Waals surface area (Å²) in [6, 6.07) is 4.10. The Morgan fingerprint density at radius 3 is 2.57 bits per heavy atom. The summed E-state index contributed by atoms with van der Waals surface area (Å²) in [5.41, 5.74) is 0.687. The standard InChI is InChI=1S/C15H19BrFN7O3S/c16-11-7-10(5-6-12(11)17)20-14(18)13-15(23-27-22-13)21-8-1-3-9(4-2-8)24-28(19,25)26/h5-9,24H,1-4H2,(H2,18,20)(H,21,23)(H2,19,25,26)/t8-,9-. The van der Waals surface area contributed by atoms with Gasteiger partial charge < -0.3 is 10.6 Å². The average molecular weight is 476 g/mol. The number of anilines is 2. The fourth-order valence-corrected chi connectivity index (χ4v) is 4.09. The molecule has 1 aliphatic carbocycles. The number of nitrogens with zero attached hydrogens (tertiary/aromatic N) is 2. The molecule has 152 valence electrons. The first-order valence-corrected chi connectivity index (χ1v) is 10.8. The van der Waals surface area contributed by atoms with Crippen LogP contribution < -0.4 is 20.5 Å². The molecule has 3 rings (SSSR count). The van der Waals surface area contributed by atoms with Crippen LogP contribution in [0.1, 0.15) is 31.4 Å². The van der Waals surface area contributed by atoms with E-state index in [2.05, 4.69) is 41.6 Å². The molecule has 0 aliphatic heterocycles. The van der Waals surface area contributed by atoms with Crippen LogP contribution >= 0.6 is 15.9 Å². The highest BCUT2D eigenvalue weighted by molar-refractivity contribution is 9.10. The Labute approximate surface area is 169 Å². The van der Waals surface area contributed by atoms with Gasteiger partial charge in [0.15, 0.2) is 11.5 Å². The zero-order valence-corrected chi connectivity index (χ0v) is 17.0. The molecule has 0 amide bonds. The van der Waals surface area contributed by atoms with Gasteiger partial charge in [0, 0.05) is 17.8 Å². The van der Waals surface area contributed by atoms with Gasteiger partial charge in [0.25, 0.3) is 10.2 Å². The highest BCUT2D eigenvalue weighted by Crippen LogP contribution is 2.24. The molecule has 6 N–H and O–H groups in total. The number of amidine groups is 1. The monoisotopic (exact) mass is 475 g/mol. The molecule has 1 aromatic heterocycles. The van der Waals surface area contributed by atoms with Crippen LogP contribution in [0.25, 0.3) is 0 Å². The van der Waals surface area contributed by atoms with Gasteiger partial charge in [-0.25, -0.2) is 14.2 Å². The highest BCUT2D eigenvalue weighted by atomic mass is 79.9. The first-order chi connectivity index (χ1) is 13.2. The number of benzene rings is 1. The third kappa shape index (κ3) is 5.47. The van der Waals surface area contributed by atoms with Crippen molar-refractivity contribution in [1.29, 1.82) is 5.41 Å². The van der Waals surface area contributed by atoms with Crippen molar-refractivity contribution in [1.82, 2.24) is 15.0 Å². The van der Waals surface area contributed by atoms with Crippen molar-refractivity contribution in [2.45, 2.75) is 37.8 Å². The van der Waals surface area contributed by atoms with Crippen LogP contribution in [0.3, 0.4) is 0 Å². The molecule has 1 heterocycles. The van der Waals surface area contributed by atoms with Crippen LogP contribution in [0.5, 0.6) is 0 Å². The SMILES string of the molecule is N=C(Nc1ccc(F)c(Br)c1)c1nonc1N[C@H]1CC[C@H](NS(N)(=O)=O)CC1. The minimum Gasteiger partial charge on any atom is -0.363 e. The fourth-order valence-electron chi connectivity index (χ4n) is 3.01. The summed E-state index contributed by atoms with van der Waals surface area (Å²) in [4.78, 5) is 0. The summed E-state index contributed by atoms with van der Waals surface area (Å²) < 4.78 is 43.0. The topological polar surface area (TPSA) is 159 Å². The molecule has 28 heavy (non-hydrogen) atoms. The molecule has 0 bridgehead atoms. The van der Waals surface area contributed by atoms with E-state index in [0.29, 0.717) is 37.2 Å². The molecule has 1 aliphatic rings. The van der Waals surface area contributed by atoms with Crippen molar-refractivity contribution in [2.24, 2.45) is 5.14 Å². The molecule has 1 fully saturated rings. The lowest BCUT2D eigenvalue weighted by molar-refractivity contribution is 0.306. The zero-order chi connectivity index (χ0) is 20.3. The number of hydrogen-bond acceptors (Lipinski definition) is 7. The van der Waals surface area contributed by atoms with E-state index in [4.69, 9.17) is 15.2 Å². The Bertz CT molecular complexity index is 960. The largest absolute Gasteiger partial charge is 0.363 e. The lowest BCUT2D eigenvalue weighted by Crippen LogP contribution is -2.43. The second-order valence-electron chi connectivity index (χ2n) is 6.45. The molecule has 1 saturated carbocycles. The Hall–Kier alpha value is -2.09. The number of rotatable bonds is 6. The minimum absolute atomic E-state index is 0.0249. The number of halogens is 2. The van der Waals surface area contributed by atoms with E-state index in [-0.39, 0.29) is 28.1 Å². The van der Waals surface area contributed by atoms with Gasteiger partial charge in [-0.1, -0.05) is 0 Å². The van der Waals surface area contributed by atoms with Gasteiger partial charge in [-0.2, -0.15) is 13.1 Å². The summed E-state index contributed by atoms with van der Waals surface area (Å²) in [6.45, 7) is 0. The van der Waals surface area contributed by atoms with Gasteiger partial charge >= 0.3 is 0 Å². The third-order valence-corrected chi connectivity index (χ3v) is 5.58. The van der Waals surface area contributed by atoms with Crippen LogP contribution in [-0.2, 0) is 10.2 Å².